The largest absolute Gasteiger partial charge is 0.494 e. The average molecular weight is 362 g/mol. The Kier molecular flexibility index (Phi) is 5.59. The van der Waals surface area contributed by atoms with E-state index >= 15 is 0 Å². The lowest BCUT2D eigenvalue weighted by Crippen LogP contribution is -2.30. The van der Waals surface area contributed by atoms with E-state index in [2.05, 4.69) is 0 Å². The maximum atomic E-state index is 13.8. The van der Waals surface area contributed by atoms with Crippen LogP contribution in [0.2, 0.25) is 5.02 Å². The summed E-state index contributed by atoms with van der Waals surface area (Å²) in [4.78, 5) is 14.2. The van der Waals surface area contributed by atoms with E-state index in [-0.39, 0.29) is 23.6 Å². The second-order valence-corrected chi connectivity index (χ2v) is 6.82. The Bertz CT molecular complexity index is 735. The number of carbonyl (C=O) groups excluding carboxylic acids is 1. The first-order valence-corrected chi connectivity index (χ1v) is 8.82. The minimum Gasteiger partial charge on any atom is -0.494 e. The Labute approximate surface area is 152 Å². The fourth-order valence-electron chi connectivity index (χ4n) is 3.00. The van der Waals surface area contributed by atoms with Crippen LogP contribution < -0.4 is 4.74 Å². The minimum absolute atomic E-state index is 0.0152. The first kappa shape index (κ1) is 17.7. The Morgan fingerprint density at radius 3 is 2.68 bits per heavy atom. The molecule has 3 nitrogen and oxygen atoms in total. The number of ether oxygens (including phenoxy) is 1. The summed E-state index contributed by atoms with van der Waals surface area (Å²) in [6.45, 7) is 1.15. The van der Waals surface area contributed by atoms with E-state index in [1.165, 1.54) is 6.07 Å². The van der Waals surface area contributed by atoms with Gasteiger partial charge in [0, 0.05) is 24.5 Å². The van der Waals surface area contributed by atoms with Crippen LogP contribution in [0, 0.1) is 11.7 Å². The van der Waals surface area contributed by atoms with Gasteiger partial charge in [-0.25, -0.2) is 4.39 Å². The molecule has 5 heteroatoms. The van der Waals surface area contributed by atoms with Gasteiger partial charge in [-0.2, -0.15) is 0 Å². The van der Waals surface area contributed by atoms with Crippen LogP contribution in [0.1, 0.15) is 24.3 Å². The molecule has 1 amide bonds. The Hall–Kier alpha value is -2.07. The molecule has 0 aliphatic heterocycles. The number of hydrogen-bond acceptors (Lipinski definition) is 2. The Balaban J connectivity index is 1.41. The third-order valence-electron chi connectivity index (χ3n) is 4.51. The van der Waals surface area contributed by atoms with Gasteiger partial charge in [-0.1, -0.05) is 29.8 Å². The van der Waals surface area contributed by atoms with Crippen LogP contribution in [0.4, 0.5) is 4.39 Å². The van der Waals surface area contributed by atoms with Crippen molar-refractivity contribution in [2.24, 2.45) is 5.92 Å². The molecule has 25 heavy (non-hydrogen) atoms. The second-order valence-electron chi connectivity index (χ2n) is 6.39. The quantitative estimate of drug-likeness (QED) is 0.679. The summed E-state index contributed by atoms with van der Waals surface area (Å²) >= 11 is 5.83. The van der Waals surface area contributed by atoms with Crippen LogP contribution in [-0.4, -0.2) is 31.0 Å². The van der Waals surface area contributed by atoms with Gasteiger partial charge in [0.25, 0.3) is 0 Å². The summed E-state index contributed by atoms with van der Waals surface area (Å²) in [7, 11) is 1.79. The summed E-state index contributed by atoms with van der Waals surface area (Å²) in [6.07, 6.45) is 1.47. The van der Waals surface area contributed by atoms with Gasteiger partial charge in [0.15, 0.2) is 0 Å². The lowest BCUT2D eigenvalue weighted by Gasteiger charge is -2.17. The number of hydrogen-bond donors (Lipinski definition) is 0. The molecule has 1 aliphatic carbocycles. The zero-order valence-corrected chi connectivity index (χ0v) is 14.9. The first-order chi connectivity index (χ1) is 12.1. The molecule has 0 N–H and O–H groups in total. The molecule has 0 bridgehead atoms. The van der Waals surface area contributed by atoms with E-state index in [0.29, 0.717) is 23.7 Å². The van der Waals surface area contributed by atoms with E-state index in [4.69, 9.17) is 16.3 Å². The normalized spacial score (nSPS) is 18.7. The van der Waals surface area contributed by atoms with Crippen molar-refractivity contribution in [3.05, 3.63) is 64.9 Å². The maximum absolute atomic E-state index is 13.8. The standard InChI is InChI=1S/C20H21ClFNO2/c1-23(11-4-12-25-15-9-7-14(21)8-10-15)20(24)18-13-17(18)16-5-2-3-6-19(16)22/h2-3,5-10,17-18H,4,11-13H2,1H3. The summed E-state index contributed by atoms with van der Waals surface area (Å²) in [5.74, 6) is 0.544. The van der Waals surface area contributed by atoms with Gasteiger partial charge in [0.2, 0.25) is 5.91 Å². The molecule has 2 aromatic carbocycles. The predicted octanol–water partition coefficient (Wildman–Crippen LogP) is 4.51. The van der Waals surface area contributed by atoms with Crippen molar-refractivity contribution < 1.29 is 13.9 Å². The van der Waals surface area contributed by atoms with Crippen LogP contribution in [0.25, 0.3) is 0 Å². The van der Waals surface area contributed by atoms with Crippen LogP contribution >= 0.6 is 11.6 Å². The number of rotatable bonds is 7. The van der Waals surface area contributed by atoms with Gasteiger partial charge in [-0.15, -0.1) is 0 Å². The molecule has 0 heterocycles. The number of amides is 1. The van der Waals surface area contributed by atoms with E-state index in [0.717, 1.165) is 18.6 Å². The van der Waals surface area contributed by atoms with Gasteiger partial charge in [-0.3, -0.25) is 4.79 Å². The molecule has 0 saturated heterocycles. The van der Waals surface area contributed by atoms with Crippen molar-refractivity contribution >= 4 is 17.5 Å². The molecule has 1 aliphatic rings. The molecule has 0 radical (unpaired) electrons. The highest BCUT2D eigenvalue weighted by Crippen LogP contribution is 2.49. The smallest absolute Gasteiger partial charge is 0.226 e. The Morgan fingerprint density at radius 1 is 1.24 bits per heavy atom. The Morgan fingerprint density at radius 2 is 1.96 bits per heavy atom. The van der Waals surface area contributed by atoms with Crippen LogP contribution in [0.15, 0.2) is 48.5 Å². The zero-order valence-electron chi connectivity index (χ0n) is 14.1. The van der Waals surface area contributed by atoms with Crippen molar-refractivity contribution in [3.8, 4) is 5.75 Å². The SMILES string of the molecule is CN(CCCOc1ccc(Cl)cc1)C(=O)C1CC1c1ccccc1F. The van der Waals surface area contributed by atoms with Crippen LogP contribution in [0.5, 0.6) is 5.75 Å². The molecule has 1 fully saturated rings. The van der Waals surface area contributed by atoms with Crippen LogP contribution in [0.3, 0.4) is 0 Å². The number of nitrogens with zero attached hydrogens (tertiary/aromatic N) is 1. The molecule has 2 atom stereocenters. The molecule has 3 rings (SSSR count). The number of benzene rings is 2. The molecular formula is C20H21ClFNO2. The summed E-state index contributed by atoms with van der Waals surface area (Å²) in [5, 5.41) is 0.673. The fraction of sp³-hybridized carbons (Fsp3) is 0.350. The topological polar surface area (TPSA) is 29.5 Å². The third-order valence-corrected chi connectivity index (χ3v) is 4.76. The zero-order chi connectivity index (χ0) is 17.8. The van der Waals surface area contributed by atoms with Crippen molar-refractivity contribution in [2.75, 3.05) is 20.2 Å². The minimum atomic E-state index is -0.221. The molecule has 0 spiro atoms. The van der Waals surface area contributed by atoms with Gasteiger partial charge in [0.1, 0.15) is 11.6 Å². The van der Waals surface area contributed by atoms with E-state index in [9.17, 15) is 9.18 Å². The number of halogens is 2. The van der Waals surface area contributed by atoms with Crippen molar-refractivity contribution in [3.63, 3.8) is 0 Å². The van der Waals surface area contributed by atoms with Crippen molar-refractivity contribution in [1.82, 2.24) is 4.90 Å². The molecular weight excluding hydrogens is 341 g/mol. The highest BCUT2D eigenvalue weighted by molar-refractivity contribution is 6.30. The van der Waals surface area contributed by atoms with Gasteiger partial charge in [-0.05, 0) is 54.7 Å². The summed E-state index contributed by atoms with van der Waals surface area (Å²) in [6, 6.07) is 13.9. The molecule has 132 valence electrons. The van der Waals surface area contributed by atoms with Gasteiger partial charge in [0.05, 0.1) is 6.61 Å². The third kappa shape index (κ3) is 4.51. The summed E-state index contributed by atoms with van der Waals surface area (Å²) in [5.41, 5.74) is 0.653. The second kappa shape index (κ2) is 7.87. The molecule has 2 unspecified atom stereocenters. The molecule has 1 saturated carbocycles. The maximum Gasteiger partial charge on any atom is 0.226 e. The highest BCUT2D eigenvalue weighted by atomic mass is 35.5. The fourth-order valence-corrected chi connectivity index (χ4v) is 3.13. The van der Waals surface area contributed by atoms with Gasteiger partial charge >= 0.3 is 0 Å². The van der Waals surface area contributed by atoms with Gasteiger partial charge < -0.3 is 9.64 Å². The molecule has 2 aromatic rings. The monoisotopic (exact) mass is 361 g/mol. The highest BCUT2D eigenvalue weighted by Gasteiger charge is 2.46. The lowest BCUT2D eigenvalue weighted by molar-refractivity contribution is -0.131. The van der Waals surface area contributed by atoms with E-state index in [1.807, 2.05) is 18.2 Å². The first-order valence-electron chi connectivity index (χ1n) is 8.44. The number of carbonyl (C=O) groups is 1. The average Bonchev–Trinajstić information content (AvgIpc) is 3.40. The molecule has 0 aromatic heterocycles. The summed E-state index contributed by atoms with van der Waals surface area (Å²) < 4.78 is 19.4. The predicted molar refractivity (Wildman–Crippen MR) is 96.4 cm³/mol. The lowest BCUT2D eigenvalue weighted by atomic mass is 10.1. The van der Waals surface area contributed by atoms with E-state index in [1.54, 1.807) is 36.2 Å². The van der Waals surface area contributed by atoms with Crippen LogP contribution in [-0.2, 0) is 4.79 Å². The van der Waals surface area contributed by atoms with Crippen molar-refractivity contribution in [2.45, 2.75) is 18.8 Å². The van der Waals surface area contributed by atoms with Crippen molar-refractivity contribution in [1.29, 1.82) is 0 Å². The van der Waals surface area contributed by atoms with E-state index < -0.39 is 0 Å².